The predicted molar refractivity (Wildman–Crippen MR) is 82.3 cm³/mol. The Hall–Kier alpha value is -1.88. The minimum Gasteiger partial charge on any atom is -0.494 e. The van der Waals surface area contributed by atoms with Gasteiger partial charge in [0.2, 0.25) is 11.7 Å². The first-order chi connectivity index (χ1) is 10.1. The molecule has 2 rings (SSSR count). The van der Waals surface area contributed by atoms with Crippen LogP contribution in [-0.4, -0.2) is 29.8 Å². The standard InChI is InChI=1S/C16H23N3O2/c1-5-20-13-8-6-7-12(9-13)16-18-15(21-19-16)10-14(17-4)11(2)3/h6-9,11,14,17H,5,10H2,1-4H3. The van der Waals surface area contributed by atoms with Crippen molar-refractivity contribution in [1.82, 2.24) is 15.5 Å². The average molecular weight is 289 g/mol. The van der Waals surface area contributed by atoms with Gasteiger partial charge in [-0.15, -0.1) is 0 Å². The number of hydrogen-bond acceptors (Lipinski definition) is 5. The van der Waals surface area contributed by atoms with Crippen LogP contribution in [0.25, 0.3) is 11.4 Å². The number of aromatic nitrogens is 2. The van der Waals surface area contributed by atoms with Crippen LogP contribution >= 0.6 is 0 Å². The summed E-state index contributed by atoms with van der Waals surface area (Å²) < 4.78 is 10.9. The second-order valence-corrected chi connectivity index (χ2v) is 5.32. The van der Waals surface area contributed by atoms with Crippen LogP contribution < -0.4 is 10.1 Å². The monoisotopic (exact) mass is 289 g/mol. The highest BCUT2D eigenvalue weighted by Crippen LogP contribution is 2.22. The molecule has 0 saturated carbocycles. The number of nitrogens with one attached hydrogen (secondary N) is 1. The van der Waals surface area contributed by atoms with Crippen LogP contribution in [-0.2, 0) is 6.42 Å². The zero-order valence-electron chi connectivity index (χ0n) is 13.1. The Balaban J connectivity index is 2.14. The largest absolute Gasteiger partial charge is 0.494 e. The molecule has 21 heavy (non-hydrogen) atoms. The van der Waals surface area contributed by atoms with Crippen LogP contribution in [0, 0.1) is 5.92 Å². The van der Waals surface area contributed by atoms with Gasteiger partial charge in [0.05, 0.1) is 6.61 Å². The van der Waals surface area contributed by atoms with Crippen molar-refractivity contribution in [2.75, 3.05) is 13.7 Å². The van der Waals surface area contributed by atoms with Crippen molar-refractivity contribution >= 4 is 0 Å². The summed E-state index contributed by atoms with van der Waals surface area (Å²) in [7, 11) is 1.95. The fourth-order valence-electron chi connectivity index (χ4n) is 2.21. The van der Waals surface area contributed by atoms with E-state index >= 15 is 0 Å². The maximum atomic E-state index is 5.49. The molecule has 1 N–H and O–H groups in total. The Morgan fingerprint density at radius 1 is 1.33 bits per heavy atom. The zero-order valence-corrected chi connectivity index (χ0v) is 13.1. The molecule has 0 amide bonds. The lowest BCUT2D eigenvalue weighted by Gasteiger charge is -2.17. The Morgan fingerprint density at radius 2 is 2.14 bits per heavy atom. The van der Waals surface area contributed by atoms with Crippen molar-refractivity contribution in [2.45, 2.75) is 33.2 Å². The van der Waals surface area contributed by atoms with Gasteiger partial charge < -0.3 is 14.6 Å². The fourth-order valence-corrected chi connectivity index (χ4v) is 2.21. The molecule has 1 aromatic carbocycles. The molecule has 5 heteroatoms. The summed E-state index contributed by atoms with van der Waals surface area (Å²) in [5, 5.41) is 7.34. The molecule has 5 nitrogen and oxygen atoms in total. The Bertz CT molecular complexity index is 566. The highest BCUT2D eigenvalue weighted by atomic mass is 16.5. The summed E-state index contributed by atoms with van der Waals surface area (Å²) in [5.41, 5.74) is 0.904. The topological polar surface area (TPSA) is 60.2 Å². The molecule has 0 spiro atoms. The van der Waals surface area contributed by atoms with Crippen molar-refractivity contribution in [1.29, 1.82) is 0 Å². The van der Waals surface area contributed by atoms with Crippen molar-refractivity contribution in [3.63, 3.8) is 0 Å². The van der Waals surface area contributed by atoms with Gasteiger partial charge >= 0.3 is 0 Å². The van der Waals surface area contributed by atoms with Gasteiger partial charge in [-0.05, 0) is 32.0 Å². The van der Waals surface area contributed by atoms with E-state index in [1.54, 1.807) is 0 Å². The van der Waals surface area contributed by atoms with Crippen LogP contribution in [0.2, 0.25) is 0 Å². The molecule has 0 aliphatic rings. The van der Waals surface area contributed by atoms with Gasteiger partial charge in [-0.25, -0.2) is 0 Å². The lowest BCUT2D eigenvalue weighted by Crippen LogP contribution is -2.32. The molecule has 0 fully saturated rings. The summed E-state index contributed by atoms with van der Waals surface area (Å²) in [6.45, 7) is 6.94. The summed E-state index contributed by atoms with van der Waals surface area (Å²) >= 11 is 0. The van der Waals surface area contributed by atoms with Crippen LogP contribution in [0.4, 0.5) is 0 Å². The second kappa shape index (κ2) is 7.22. The number of ether oxygens (including phenoxy) is 1. The SMILES string of the molecule is CCOc1cccc(-c2noc(CC(NC)C(C)C)n2)c1. The first kappa shape index (κ1) is 15.5. The minimum absolute atomic E-state index is 0.327. The first-order valence-corrected chi connectivity index (χ1v) is 7.37. The third kappa shape index (κ3) is 4.04. The lowest BCUT2D eigenvalue weighted by molar-refractivity contribution is 0.335. The van der Waals surface area contributed by atoms with Gasteiger partial charge in [-0.1, -0.05) is 31.1 Å². The van der Waals surface area contributed by atoms with E-state index in [2.05, 4.69) is 29.3 Å². The van der Waals surface area contributed by atoms with Crippen LogP contribution in [0.3, 0.4) is 0 Å². The van der Waals surface area contributed by atoms with Crippen molar-refractivity contribution in [2.24, 2.45) is 5.92 Å². The predicted octanol–water partition coefficient (Wildman–Crippen LogP) is 2.92. The minimum atomic E-state index is 0.327. The summed E-state index contributed by atoms with van der Waals surface area (Å²) in [6.07, 6.45) is 0.728. The van der Waals surface area contributed by atoms with E-state index in [1.165, 1.54) is 0 Å². The van der Waals surface area contributed by atoms with Crippen molar-refractivity contribution in [3.8, 4) is 17.1 Å². The normalized spacial score (nSPS) is 12.6. The highest BCUT2D eigenvalue weighted by molar-refractivity contribution is 5.56. The van der Waals surface area contributed by atoms with E-state index in [-0.39, 0.29) is 0 Å². The van der Waals surface area contributed by atoms with E-state index in [0.717, 1.165) is 17.7 Å². The van der Waals surface area contributed by atoms with Gasteiger partial charge in [-0.2, -0.15) is 4.98 Å². The molecule has 1 aromatic heterocycles. The van der Waals surface area contributed by atoms with E-state index in [9.17, 15) is 0 Å². The molecule has 2 aromatic rings. The number of likely N-dealkylation sites (N-methyl/N-ethyl adjacent to an activating group) is 1. The second-order valence-electron chi connectivity index (χ2n) is 5.32. The van der Waals surface area contributed by atoms with E-state index < -0.39 is 0 Å². The summed E-state index contributed by atoms with van der Waals surface area (Å²) in [4.78, 5) is 4.48. The maximum absolute atomic E-state index is 5.49. The fraction of sp³-hybridized carbons (Fsp3) is 0.500. The Labute approximate surface area is 125 Å². The number of rotatable bonds is 7. The molecule has 114 valence electrons. The molecule has 0 saturated heterocycles. The smallest absolute Gasteiger partial charge is 0.228 e. The summed E-state index contributed by atoms with van der Waals surface area (Å²) in [5.74, 6) is 2.58. The highest BCUT2D eigenvalue weighted by Gasteiger charge is 2.16. The molecule has 1 unspecified atom stereocenters. The molecule has 0 aliphatic heterocycles. The molecule has 0 bridgehead atoms. The average Bonchev–Trinajstić information content (AvgIpc) is 2.94. The molecule has 1 heterocycles. The molecule has 0 aliphatic carbocycles. The first-order valence-electron chi connectivity index (χ1n) is 7.37. The third-order valence-corrected chi connectivity index (χ3v) is 3.44. The van der Waals surface area contributed by atoms with Crippen LogP contribution in [0.1, 0.15) is 26.7 Å². The Kier molecular flexibility index (Phi) is 5.33. The van der Waals surface area contributed by atoms with Crippen molar-refractivity contribution < 1.29 is 9.26 Å². The number of hydrogen-bond donors (Lipinski definition) is 1. The Morgan fingerprint density at radius 3 is 2.81 bits per heavy atom. The van der Waals surface area contributed by atoms with Crippen molar-refractivity contribution in [3.05, 3.63) is 30.2 Å². The van der Waals surface area contributed by atoms with E-state index in [1.807, 2.05) is 38.2 Å². The lowest BCUT2D eigenvalue weighted by atomic mass is 10.0. The van der Waals surface area contributed by atoms with E-state index in [0.29, 0.717) is 30.3 Å². The van der Waals surface area contributed by atoms with Gasteiger partial charge in [0.1, 0.15) is 5.75 Å². The molecular formula is C16H23N3O2. The summed E-state index contributed by atoms with van der Waals surface area (Å²) in [6, 6.07) is 8.06. The van der Waals surface area contributed by atoms with Gasteiger partial charge in [0.25, 0.3) is 0 Å². The molecular weight excluding hydrogens is 266 g/mol. The van der Waals surface area contributed by atoms with Crippen LogP contribution in [0.15, 0.2) is 28.8 Å². The maximum Gasteiger partial charge on any atom is 0.228 e. The van der Waals surface area contributed by atoms with Gasteiger partial charge in [-0.3, -0.25) is 0 Å². The zero-order chi connectivity index (χ0) is 15.2. The molecule has 1 atom stereocenters. The molecule has 0 radical (unpaired) electrons. The van der Waals surface area contributed by atoms with Gasteiger partial charge in [0.15, 0.2) is 0 Å². The van der Waals surface area contributed by atoms with E-state index in [4.69, 9.17) is 9.26 Å². The quantitative estimate of drug-likeness (QED) is 0.849. The third-order valence-electron chi connectivity index (χ3n) is 3.44. The number of nitrogens with zero attached hydrogens (tertiary/aromatic N) is 2. The van der Waals surface area contributed by atoms with Gasteiger partial charge in [0, 0.05) is 18.0 Å². The van der Waals surface area contributed by atoms with Crippen LogP contribution in [0.5, 0.6) is 5.75 Å². The number of benzene rings is 1.